The molecular formula is C13H30Cl2N2. The Morgan fingerprint density at radius 1 is 1.00 bits per heavy atom. The quantitative estimate of drug-likeness (QED) is 0.722. The van der Waals surface area contributed by atoms with Gasteiger partial charge in [-0.05, 0) is 64.3 Å². The highest BCUT2D eigenvalue weighted by Crippen LogP contribution is 2.08. The summed E-state index contributed by atoms with van der Waals surface area (Å²) in [7, 11) is 0. The predicted octanol–water partition coefficient (Wildman–Crippen LogP) is 3.34. The first-order valence-electron chi connectivity index (χ1n) is 6.72. The van der Waals surface area contributed by atoms with Gasteiger partial charge in [-0.2, -0.15) is 0 Å². The van der Waals surface area contributed by atoms with Gasteiger partial charge in [-0.3, -0.25) is 0 Å². The third-order valence-corrected chi connectivity index (χ3v) is 3.18. The van der Waals surface area contributed by atoms with E-state index in [0.717, 1.165) is 5.92 Å². The smallest absolute Gasteiger partial charge is 0.000664 e. The van der Waals surface area contributed by atoms with E-state index in [2.05, 4.69) is 24.1 Å². The normalized spacial score (nSPS) is 16.4. The second-order valence-electron chi connectivity index (χ2n) is 5.19. The number of hydrogen-bond acceptors (Lipinski definition) is 2. The minimum atomic E-state index is 0. The summed E-state index contributed by atoms with van der Waals surface area (Å²) in [6, 6.07) is 0. The molecule has 0 bridgehead atoms. The third-order valence-electron chi connectivity index (χ3n) is 3.18. The van der Waals surface area contributed by atoms with Gasteiger partial charge in [-0.25, -0.2) is 0 Å². The molecule has 1 rings (SSSR count). The monoisotopic (exact) mass is 284 g/mol. The molecule has 0 amide bonds. The predicted molar refractivity (Wildman–Crippen MR) is 81.7 cm³/mol. The van der Waals surface area contributed by atoms with Crippen molar-refractivity contribution in [1.82, 2.24) is 10.2 Å². The Bertz CT molecular complexity index is 148. The molecule has 1 saturated heterocycles. The highest BCUT2D eigenvalue weighted by atomic mass is 35.5. The molecule has 2 nitrogen and oxygen atoms in total. The van der Waals surface area contributed by atoms with Gasteiger partial charge in [0.15, 0.2) is 0 Å². The molecule has 0 aliphatic carbocycles. The van der Waals surface area contributed by atoms with Crippen molar-refractivity contribution in [3.8, 4) is 0 Å². The van der Waals surface area contributed by atoms with Crippen molar-refractivity contribution < 1.29 is 0 Å². The Morgan fingerprint density at radius 2 is 1.65 bits per heavy atom. The molecule has 0 aromatic rings. The molecule has 0 unspecified atom stereocenters. The second-order valence-corrected chi connectivity index (χ2v) is 5.19. The van der Waals surface area contributed by atoms with E-state index < -0.39 is 0 Å². The van der Waals surface area contributed by atoms with Crippen molar-refractivity contribution in [1.29, 1.82) is 0 Å². The third kappa shape index (κ3) is 11.3. The molecule has 106 valence electrons. The molecule has 0 aromatic carbocycles. The largest absolute Gasteiger partial charge is 0.317 e. The van der Waals surface area contributed by atoms with Gasteiger partial charge < -0.3 is 10.2 Å². The van der Waals surface area contributed by atoms with E-state index >= 15 is 0 Å². The van der Waals surface area contributed by atoms with Crippen LogP contribution in [0.15, 0.2) is 0 Å². The lowest BCUT2D eigenvalue weighted by Crippen LogP contribution is -2.32. The molecule has 1 fully saturated rings. The van der Waals surface area contributed by atoms with Crippen molar-refractivity contribution in [3.63, 3.8) is 0 Å². The van der Waals surface area contributed by atoms with Crippen molar-refractivity contribution in [3.05, 3.63) is 0 Å². The van der Waals surface area contributed by atoms with Crippen LogP contribution in [0.3, 0.4) is 0 Å². The van der Waals surface area contributed by atoms with Gasteiger partial charge in [0, 0.05) is 0 Å². The first kappa shape index (κ1) is 19.8. The number of nitrogens with one attached hydrogen (secondary N) is 1. The van der Waals surface area contributed by atoms with E-state index in [9.17, 15) is 0 Å². The van der Waals surface area contributed by atoms with Crippen LogP contribution in [0, 0.1) is 5.92 Å². The van der Waals surface area contributed by atoms with Gasteiger partial charge in [0.2, 0.25) is 0 Å². The number of hydrogen-bond donors (Lipinski definition) is 1. The summed E-state index contributed by atoms with van der Waals surface area (Å²) in [6.07, 6.45) is 6.91. The highest BCUT2D eigenvalue weighted by molar-refractivity contribution is 5.85. The summed E-state index contributed by atoms with van der Waals surface area (Å²) in [4.78, 5) is 2.62. The Hall–Kier alpha value is 0.500. The molecule has 0 saturated carbocycles. The van der Waals surface area contributed by atoms with Gasteiger partial charge in [0.1, 0.15) is 0 Å². The lowest BCUT2D eigenvalue weighted by molar-refractivity contribution is 0.225. The molecule has 1 aliphatic heterocycles. The Kier molecular flexibility index (Phi) is 15.1. The van der Waals surface area contributed by atoms with Crippen LogP contribution in [0.4, 0.5) is 0 Å². The van der Waals surface area contributed by atoms with Gasteiger partial charge in [0.05, 0.1) is 0 Å². The lowest BCUT2D eigenvalue weighted by atomic mass is 10.1. The van der Waals surface area contributed by atoms with Crippen LogP contribution in [0.2, 0.25) is 0 Å². The van der Waals surface area contributed by atoms with Crippen molar-refractivity contribution in [2.75, 3.05) is 32.7 Å². The summed E-state index contributed by atoms with van der Waals surface area (Å²) in [5.74, 6) is 0.833. The molecule has 1 N–H and O–H groups in total. The zero-order chi connectivity index (χ0) is 10.9. The maximum atomic E-state index is 3.53. The summed E-state index contributed by atoms with van der Waals surface area (Å²) >= 11 is 0. The number of likely N-dealkylation sites (tertiary alicyclic amines) is 1. The maximum Gasteiger partial charge on any atom is -0.000664 e. The minimum Gasteiger partial charge on any atom is -0.317 e. The Labute approximate surface area is 120 Å². The van der Waals surface area contributed by atoms with Crippen molar-refractivity contribution >= 4 is 24.8 Å². The molecular weight excluding hydrogens is 255 g/mol. The van der Waals surface area contributed by atoms with E-state index in [0.29, 0.717) is 0 Å². The van der Waals surface area contributed by atoms with E-state index in [1.54, 1.807) is 0 Å². The van der Waals surface area contributed by atoms with Crippen molar-refractivity contribution in [2.24, 2.45) is 5.92 Å². The Morgan fingerprint density at radius 3 is 2.24 bits per heavy atom. The summed E-state index contributed by atoms with van der Waals surface area (Å²) < 4.78 is 0. The molecule has 1 heterocycles. The molecule has 0 atom stereocenters. The fourth-order valence-electron chi connectivity index (χ4n) is 2.13. The van der Waals surface area contributed by atoms with Crippen LogP contribution in [-0.2, 0) is 0 Å². The van der Waals surface area contributed by atoms with Gasteiger partial charge in [0.25, 0.3) is 0 Å². The molecule has 4 heteroatoms. The first-order chi connectivity index (χ1) is 7.29. The SMILES string of the molecule is CC(C)CCNCCCN1CCCCC1.Cl.Cl. The average Bonchev–Trinajstić information content (AvgIpc) is 2.24. The molecule has 17 heavy (non-hydrogen) atoms. The van der Waals surface area contributed by atoms with Crippen LogP contribution < -0.4 is 5.32 Å². The molecule has 1 aliphatic rings. The fraction of sp³-hybridized carbons (Fsp3) is 1.00. The fourth-order valence-corrected chi connectivity index (χ4v) is 2.13. The molecule has 0 aromatic heterocycles. The van der Waals surface area contributed by atoms with Crippen LogP contribution in [0.25, 0.3) is 0 Å². The molecule has 0 radical (unpaired) electrons. The Balaban J connectivity index is 0. The van der Waals surface area contributed by atoms with E-state index in [1.165, 1.54) is 64.8 Å². The van der Waals surface area contributed by atoms with Crippen LogP contribution in [0.5, 0.6) is 0 Å². The van der Waals surface area contributed by atoms with Gasteiger partial charge >= 0.3 is 0 Å². The van der Waals surface area contributed by atoms with Gasteiger partial charge in [-0.1, -0.05) is 20.3 Å². The number of piperidine rings is 1. The summed E-state index contributed by atoms with van der Waals surface area (Å²) in [5, 5.41) is 3.53. The topological polar surface area (TPSA) is 15.3 Å². The zero-order valence-corrected chi connectivity index (χ0v) is 13.0. The second kappa shape index (κ2) is 12.9. The number of rotatable bonds is 7. The average molecular weight is 285 g/mol. The van der Waals surface area contributed by atoms with Crippen LogP contribution in [0.1, 0.15) is 46.0 Å². The molecule has 0 spiro atoms. The maximum absolute atomic E-state index is 3.53. The number of nitrogens with zero attached hydrogens (tertiary/aromatic N) is 1. The number of halogens is 2. The first-order valence-corrected chi connectivity index (χ1v) is 6.72. The van der Waals surface area contributed by atoms with E-state index in [1.807, 2.05) is 0 Å². The lowest BCUT2D eigenvalue weighted by Gasteiger charge is -2.26. The van der Waals surface area contributed by atoms with E-state index in [-0.39, 0.29) is 24.8 Å². The van der Waals surface area contributed by atoms with E-state index in [4.69, 9.17) is 0 Å². The minimum absolute atomic E-state index is 0. The summed E-state index contributed by atoms with van der Waals surface area (Å²) in [6.45, 7) is 10.9. The van der Waals surface area contributed by atoms with Crippen molar-refractivity contribution in [2.45, 2.75) is 46.0 Å². The van der Waals surface area contributed by atoms with Crippen LogP contribution >= 0.6 is 24.8 Å². The highest BCUT2D eigenvalue weighted by Gasteiger charge is 2.08. The van der Waals surface area contributed by atoms with Gasteiger partial charge in [-0.15, -0.1) is 24.8 Å². The van der Waals surface area contributed by atoms with Crippen LogP contribution in [-0.4, -0.2) is 37.6 Å². The standard InChI is InChI=1S/C13H28N2.2ClH/c1-13(2)7-9-14-8-6-12-15-10-4-3-5-11-15;;/h13-14H,3-12H2,1-2H3;2*1H. The zero-order valence-electron chi connectivity index (χ0n) is 11.4. The summed E-state index contributed by atoms with van der Waals surface area (Å²) in [5.41, 5.74) is 0.